The largest absolute Gasteiger partial charge is 0.508 e. The molecule has 256 valence electrons. The molecule has 49 heavy (non-hydrogen) atoms. The molecule has 4 aromatic rings. The van der Waals surface area contributed by atoms with Gasteiger partial charge in [-0.25, -0.2) is 0 Å². The van der Waals surface area contributed by atoms with E-state index in [-0.39, 0.29) is 29.9 Å². The number of ether oxygens (including phenoxy) is 2. The van der Waals surface area contributed by atoms with Gasteiger partial charge < -0.3 is 24.4 Å². The van der Waals surface area contributed by atoms with Crippen molar-refractivity contribution in [1.29, 1.82) is 0 Å². The number of nitrogens with one attached hydrogen (secondary N) is 1. The standard InChI is InChI=1S/C38H42N4O6S/c1-25(23-47-29-7-9-30(10-8-29)48-34-24-49-35-21-28(43)6-12-32(34)35)41-18-16-40(17-19-41)15-3-2-4-26-5-11-31-27(20-26)22-42(38(31)46)33-13-14-36(44)39-37(33)45/h5-12,20-21,24-25,33,43H,2-4,13-19,22-23H2,1H3,(H,39,44,45). The molecule has 2 atom stereocenters. The van der Waals surface area contributed by atoms with Crippen LogP contribution < -0.4 is 14.8 Å². The molecule has 3 aromatic carbocycles. The van der Waals surface area contributed by atoms with E-state index in [1.54, 1.807) is 28.4 Å². The maximum atomic E-state index is 13.0. The van der Waals surface area contributed by atoms with Crippen molar-refractivity contribution < 1.29 is 29.0 Å². The van der Waals surface area contributed by atoms with E-state index in [4.69, 9.17) is 9.47 Å². The number of piperidine rings is 1. The molecule has 0 radical (unpaired) electrons. The first-order valence-electron chi connectivity index (χ1n) is 17.1. The van der Waals surface area contributed by atoms with Crippen LogP contribution in [0, 0.1) is 0 Å². The van der Waals surface area contributed by atoms with E-state index in [0.717, 1.165) is 84.9 Å². The number of rotatable bonds is 12. The van der Waals surface area contributed by atoms with Crippen molar-refractivity contribution in [2.24, 2.45) is 0 Å². The maximum Gasteiger partial charge on any atom is 0.255 e. The number of amides is 3. The predicted octanol–water partition coefficient (Wildman–Crippen LogP) is 5.57. The summed E-state index contributed by atoms with van der Waals surface area (Å²) in [6.45, 7) is 8.47. The summed E-state index contributed by atoms with van der Waals surface area (Å²) in [5.41, 5.74) is 2.86. The van der Waals surface area contributed by atoms with Crippen LogP contribution in [0.3, 0.4) is 0 Å². The summed E-state index contributed by atoms with van der Waals surface area (Å²) >= 11 is 1.54. The van der Waals surface area contributed by atoms with E-state index in [9.17, 15) is 19.5 Å². The van der Waals surface area contributed by atoms with Crippen molar-refractivity contribution in [3.8, 4) is 23.0 Å². The van der Waals surface area contributed by atoms with E-state index < -0.39 is 6.04 Å². The molecule has 1 aromatic heterocycles. The van der Waals surface area contributed by atoms with Gasteiger partial charge in [0.15, 0.2) is 0 Å². The van der Waals surface area contributed by atoms with Crippen molar-refractivity contribution in [3.63, 3.8) is 0 Å². The number of thiophene rings is 1. The zero-order valence-electron chi connectivity index (χ0n) is 27.7. The number of hydrogen-bond donors (Lipinski definition) is 2. The number of hydrogen-bond acceptors (Lipinski definition) is 9. The third-order valence-electron chi connectivity index (χ3n) is 9.87. The number of phenols is 1. The average molecular weight is 683 g/mol. The Balaban J connectivity index is 0.797. The van der Waals surface area contributed by atoms with Gasteiger partial charge >= 0.3 is 0 Å². The first kappa shape index (κ1) is 33.1. The van der Waals surface area contributed by atoms with Gasteiger partial charge in [-0.3, -0.25) is 24.6 Å². The molecular weight excluding hydrogens is 641 g/mol. The zero-order chi connectivity index (χ0) is 33.9. The molecule has 3 amide bonds. The summed E-state index contributed by atoms with van der Waals surface area (Å²) in [6, 6.07) is 18.8. The SMILES string of the molecule is CC(COc1ccc(Oc2csc3cc(O)ccc23)cc1)N1CCN(CCCCc2ccc3c(c2)CN(C2CCC(=O)NC2=O)C3=O)CC1. The fourth-order valence-electron chi connectivity index (χ4n) is 7.00. The summed E-state index contributed by atoms with van der Waals surface area (Å²) < 4.78 is 13.2. The van der Waals surface area contributed by atoms with E-state index in [0.29, 0.717) is 31.2 Å². The minimum absolute atomic E-state index is 0.122. The molecule has 0 aliphatic carbocycles. The van der Waals surface area contributed by atoms with Gasteiger partial charge in [0.1, 0.15) is 35.6 Å². The summed E-state index contributed by atoms with van der Waals surface area (Å²) in [5.74, 6) is 1.83. The van der Waals surface area contributed by atoms with Crippen LogP contribution >= 0.6 is 11.3 Å². The monoisotopic (exact) mass is 682 g/mol. The normalized spacial score (nSPS) is 19.2. The molecule has 11 heteroatoms. The molecule has 3 aliphatic heterocycles. The average Bonchev–Trinajstić information content (AvgIpc) is 3.65. The molecule has 3 aliphatic rings. The highest BCUT2D eigenvalue weighted by molar-refractivity contribution is 7.17. The number of unbranched alkanes of at least 4 members (excludes halogenated alkanes) is 1. The van der Waals surface area contributed by atoms with Gasteiger partial charge in [-0.2, -0.15) is 0 Å². The number of carbonyl (C=O) groups is 3. The highest BCUT2D eigenvalue weighted by Gasteiger charge is 2.39. The van der Waals surface area contributed by atoms with E-state index in [2.05, 4.69) is 28.1 Å². The summed E-state index contributed by atoms with van der Waals surface area (Å²) in [4.78, 5) is 43.5. The smallest absolute Gasteiger partial charge is 0.255 e. The number of piperazine rings is 1. The second-order valence-electron chi connectivity index (χ2n) is 13.2. The number of imide groups is 1. The first-order valence-corrected chi connectivity index (χ1v) is 18.0. The molecule has 0 saturated carbocycles. The number of fused-ring (bicyclic) bond motifs is 2. The molecule has 0 spiro atoms. The van der Waals surface area contributed by atoms with Crippen molar-refractivity contribution >= 4 is 39.1 Å². The lowest BCUT2D eigenvalue weighted by molar-refractivity contribution is -0.136. The quantitative estimate of drug-likeness (QED) is 0.148. The van der Waals surface area contributed by atoms with Crippen LogP contribution in [0.15, 0.2) is 66.0 Å². The van der Waals surface area contributed by atoms with Gasteiger partial charge in [-0.1, -0.05) is 12.1 Å². The zero-order valence-corrected chi connectivity index (χ0v) is 28.5. The van der Waals surface area contributed by atoms with Crippen molar-refractivity contribution in [1.82, 2.24) is 20.0 Å². The number of aryl methyl sites for hydroxylation is 1. The number of benzene rings is 3. The number of aromatic hydroxyl groups is 1. The van der Waals surface area contributed by atoms with Gasteiger partial charge in [0.05, 0.1) is 0 Å². The van der Waals surface area contributed by atoms with Gasteiger partial charge in [0, 0.05) is 66.2 Å². The van der Waals surface area contributed by atoms with Crippen molar-refractivity contribution in [2.45, 2.75) is 57.7 Å². The minimum atomic E-state index is -0.576. The van der Waals surface area contributed by atoms with E-state index in [1.165, 1.54) is 5.56 Å². The Bertz CT molecular complexity index is 1830. The highest BCUT2D eigenvalue weighted by atomic mass is 32.1. The fraction of sp³-hybridized carbons (Fsp3) is 0.395. The molecule has 4 heterocycles. The Morgan fingerprint density at radius 1 is 0.959 bits per heavy atom. The summed E-state index contributed by atoms with van der Waals surface area (Å²) in [7, 11) is 0. The topological polar surface area (TPSA) is 112 Å². The first-order chi connectivity index (χ1) is 23.8. The Hall–Kier alpha value is -4.45. The van der Waals surface area contributed by atoms with Gasteiger partial charge in [0.25, 0.3) is 5.91 Å². The third kappa shape index (κ3) is 7.59. The van der Waals surface area contributed by atoms with Crippen LogP contribution in [0.1, 0.15) is 54.1 Å². The van der Waals surface area contributed by atoms with Crippen molar-refractivity contribution in [3.05, 3.63) is 82.7 Å². The van der Waals surface area contributed by atoms with E-state index >= 15 is 0 Å². The van der Waals surface area contributed by atoms with Gasteiger partial charge in [-0.05, 0) is 98.8 Å². The maximum absolute atomic E-state index is 13.0. The van der Waals surface area contributed by atoms with Crippen LogP contribution in [-0.2, 0) is 22.6 Å². The third-order valence-corrected chi connectivity index (χ3v) is 10.8. The highest BCUT2D eigenvalue weighted by Crippen LogP contribution is 2.37. The molecule has 2 fully saturated rings. The van der Waals surface area contributed by atoms with Gasteiger partial charge in [0.2, 0.25) is 11.8 Å². The van der Waals surface area contributed by atoms with Crippen LogP contribution in [0.5, 0.6) is 23.0 Å². The molecule has 10 nitrogen and oxygen atoms in total. The van der Waals surface area contributed by atoms with Crippen molar-refractivity contribution in [2.75, 3.05) is 39.3 Å². The van der Waals surface area contributed by atoms with Crippen LogP contribution in [-0.4, -0.2) is 88.9 Å². The summed E-state index contributed by atoms with van der Waals surface area (Å²) in [6.07, 6.45) is 3.79. The van der Waals surface area contributed by atoms with Crippen LogP contribution in [0.4, 0.5) is 0 Å². The van der Waals surface area contributed by atoms with E-state index in [1.807, 2.05) is 47.8 Å². The molecule has 2 N–H and O–H groups in total. The van der Waals surface area contributed by atoms with Crippen LogP contribution in [0.25, 0.3) is 10.1 Å². The lowest BCUT2D eigenvalue weighted by atomic mass is 10.0. The number of phenolic OH excluding ortho intramolecular Hbond substituents is 1. The molecule has 2 unspecified atom stereocenters. The number of carbonyl (C=O) groups excluding carboxylic acids is 3. The Labute approximate surface area is 290 Å². The lowest BCUT2D eigenvalue weighted by Crippen LogP contribution is -2.52. The second kappa shape index (κ2) is 14.6. The molecule has 0 bridgehead atoms. The summed E-state index contributed by atoms with van der Waals surface area (Å²) in [5, 5.41) is 15.0. The lowest BCUT2D eigenvalue weighted by Gasteiger charge is -2.38. The Morgan fingerprint density at radius 2 is 1.76 bits per heavy atom. The second-order valence-corrected chi connectivity index (χ2v) is 14.2. The van der Waals surface area contributed by atoms with Gasteiger partial charge in [-0.15, -0.1) is 11.3 Å². The van der Waals surface area contributed by atoms with Crippen LogP contribution in [0.2, 0.25) is 0 Å². The Morgan fingerprint density at radius 3 is 2.55 bits per heavy atom. The molecular formula is C38H42N4O6S. The Kier molecular flexibility index (Phi) is 9.84. The molecule has 2 saturated heterocycles. The molecule has 7 rings (SSSR count). The fourth-order valence-corrected chi connectivity index (χ4v) is 7.89. The number of nitrogens with zero attached hydrogens (tertiary/aromatic N) is 3. The minimum Gasteiger partial charge on any atom is -0.508 e. The predicted molar refractivity (Wildman–Crippen MR) is 188 cm³/mol.